The SMILES string of the molecule is N#CCC(COc1ccccc1F)N1CCOCC1. The van der Waals surface area contributed by atoms with Crippen LogP contribution in [0.25, 0.3) is 0 Å². The van der Waals surface area contributed by atoms with Gasteiger partial charge in [-0.2, -0.15) is 5.26 Å². The van der Waals surface area contributed by atoms with Crippen LogP contribution >= 0.6 is 0 Å². The van der Waals surface area contributed by atoms with E-state index in [0.717, 1.165) is 13.1 Å². The third-order valence-electron chi connectivity index (χ3n) is 3.16. The van der Waals surface area contributed by atoms with Gasteiger partial charge in [0.1, 0.15) is 6.61 Å². The second-order valence-electron chi connectivity index (χ2n) is 4.41. The van der Waals surface area contributed by atoms with Gasteiger partial charge in [-0.1, -0.05) is 12.1 Å². The number of rotatable bonds is 5. The zero-order valence-electron chi connectivity index (χ0n) is 10.7. The first-order valence-electron chi connectivity index (χ1n) is 6.37. The molecule has 1 aliphatic rings. The molecule has 0 bridgehead atoms. The van der Waals surface area contributed by atoms with Gasteiger partial charge in [0.2, 0.25) is 0 Å². The quantitative estimate of drug-likeness (QED) is 0.813. The Morgan fingerprint density at radius 1 is 1.37 bits per heavy atom. The van der Waals surface area contributed by atoms with Gasteiger partial charge in [-0.15, -0.1) is 0 Å². The molecule has 1 aliphatic heterocycles. The van der Waals surface area contributed by atoms with Crippen molar-refractivity contribution in [3.05, 3.63) is 30.1 Å². The molecule has 1 saturated heterocycles. The van der Waals surface area contributed by atoms with E-state index in [9.17, 15) is 4.39 Å². The summed E-state index contributed by atoms with van der Waals surface area (Å²) >= 11 is 0. The fourth-order valence-electron chi connectivity index (χ4n) is 2.09. The van der Waals surface area contributed by atoms with E-state index in [-0.39, 0.29) is 17.6 Å². The minimum atomic E-state index is -0.375. The number of nitriles is 1. The van der Waals surface area contributed by atoms with Crippen molar-refractivity contribution in [2.75, 3.05) is 32.9 Å². The molecule has 0 aliphatic carbocycles. The summed E-state index contributed by atoms with van der Waals surface area (Å²) in [7, 11) is 0. The minimum Gasteiger partial charge on any atom is -0.489 e. The largest absolute Gasteiger partial charge is 0.489 e. The maximum Gasteiger partial charge on any atom is 0.165 e. The number of hydrogen-bond donors (Lipinski definition) is 0. The topological polar surface area (TPSA) is 45.5 Å². The molecule has 19 heavy (non-hydrogen) atoms. The zero-order valence-corrected chi connectivity index (χ0v) is 10.7. The molecular formula is C14H17FN2O2. The van der Waals surface area contributed by atoms with Crippen molar-refractivity contribution in [1.29, 1.82) is 5.26 Å². The number of hydrogen-bond acceptors (Lipinski definition) is 4. The van der Waals surface area contributed by atoms with Crippen molar-refractivity contribution in [2.45, 2.75) is 12.5 Å². The van der Waals surface area contributed by atoms with Crippen molar-refractivity contribution in [2.24, 2.45) is 0 Å². The Kier molecular flexibility index (Phi) is 5.13. The lowest BCUT2D eigenvalue weighted by molar-refractivity contribution is 0.00683. The number of benzene rings is 1. The highest BCUT2D eigenvalue weighted by Crippen LogP contribution is 2.17. The summed E-state index contributed by atoms with van der Waals surface area (Å²) in [5.74, 6) is -0.140. The molecule has 0 saturated carbocycles. The van der Waals surface area contributed by atoms with Crippen LogP contribution in [0.3, 0.4) is 0 Å². The Balaban J connectivity index is 1.93. The summed E-state index contributed by atoms with van der Waals surface area (Å²) in [5.41, 5.74) is 0. The molecule has 4 nitrogen and oxygen atoms in total. The summed E-state index contributed by atoms with van der Waals surface area (Å²) in [6.45, 7) is 3.22. The summed E-state index contributed by atoms with van der Waals surface area (Å²) in [6, 6.07) is 8.45. The molecule has 1 fully saturated rings. The monoisotopic (exact) mass is 264 g/mol. The Morgan fingerprint density at radius 3 is 2.79 bits per heavy atom. The number of para-hydroxylation sites is 1. The summed E-state index contributed by atoms with van der Waals surface area (Å²) in [4.78, 5) is 2.16. The van der Waals surface area contributed by atoms with E-state index < -0.39 is 0 Å². The van der Waals surface area contributed by atoms with Crippen LogP contribution in [-0.4, -0.2) is 43.9 Å². The maximum absolute atomic E-state index is 13.4. The average molecular weight is 264 g/mol. The highest BCUT2D eigenvalue weighted by molar-refractivity contribution is 5.23. The molecule has 1 heterocycles. The van der Waals surface area contributed by atoms with Crippen LogP contribution in [0.15, 0.2) is 24.3 Å². The standard InChI is InChI=1S/C14H17FN2O2/c15-13-3-1-2-4-14(13)19-11-12(5-6-16)17-7-9-18-10-8-17/h1-4,12H,5,7-11H2. The highest BCUT2D eigenvalue weighted by atomic mass is 19.1. The Bertz CT molecular complexity index is 441. The van der Waals surface area contributed by atoms with Gasteiger partial charge in [-0.05, 0) is 12.1 Å². The second kappa shape index (κ2) is 7.07. The number of nitrogens with zero attached hydrogens (tertiary/aromatic N) is 2. The number of halogens is 1. The molecule has 0 amide bonds. The molecule has 0 aromatic heterocycles. The van der Waals surface area contributed by atoms with Gasteiger partial charge in [0.25, 0.3) is 0 Å². The molecule has 1 aromatic carbocycles. The Labute approximate surface area is 112 Å². The normalized spacial score (nSPS) is 17.7. The molecule has 102 valence electrons. The van der Waals surface area contributed by atoms with Crippen LogP contribution in [0.1, 0.15) is 6.42 Å². The van der Waals surface area contributed by atoms with E-state index in [1.165, 1.54) is 6.07 Å². The van der Waals surface area contributed by atoms with E-state index in [4.69, 9.17) is 14.7 Å². The molecule has 1 unspecified atom stereocenters. The van der Waals surface area contributed by atoms with E-state index in [0.29, 0.717) is 26.2 Å². The van der Waals surface area contributed by atoms with Crippen LogP contribution in [0, 0.1) is 17.1 Å². The first kappa shape index (κ1) is 13.8. The van der Waals surface area contributed by atoms with Gasteiger partial charge < -0.3 is 9.47 Å². The van der Waals surface area contributed by atoms with Gasteiger partial charge >= 0.3 is 0 Å². The molecule has 1 aromatic rings. The summed E-state index contributed by atoms with van der Waals surface area (Å²) in [6.07, 6.45) is 0.369. The van der Waals surface area contributed by atoms with Crippen LogP contribution in [0.5, 0.6) is 5.75 Å². The lowest BCUT2D eigenvalue weighted by atomic mass is 10.2. The smallest absolute Gasteiger partial charge is 0.165 e. The Morgan fingerprint density at radius 2 is 2.11 bits per heavy atom. The first-order chi connectivity index (χ1) is 9.31. The molecule has 0 N–H and O–H groups in total. The van der Waals surface area contributed by atoms with Gasteiger partial charge in [0.15, 0.2) is 11.6 Å². The predicted molar refractivity (Wildman–Crippen MR) is 68.3 cm³/mol. The highest BCUT2D eigenvalue weighted by Gasteiger charge is 2.21. The summed E-state index contributed by atoms with van der Waals surface area (Å²) in [5, 5.41) is 8.88. The molecule has 1 atom stereocenters. The van der Waals surface area contributed by atoms with Crippen LogP contribution in [0.2, 0.25) is 0 Å². The molecule has 5 heteroatoms. The first-order valence-corrected chi connectivity index (χ1v) is 6.37. The van der Waals surface area contributed by atoms with Gasteiger partial charge in [-0.25, -0.2) is 4.39 Å². The summed E-state index contributed by atoms with van der Waals surface area (Å²) < 4.78 is 24.2. The second-order valence-corrected chi connectivity index (χ2v) is 4.41. The fraction of sp³-hybridized carbons (Fsp3) is 0.500. The lowest BCUT2D eigenvalue weighted by Crippen LogP contribution is -2.46. The zero-order chi connectivity index (χ0) is 13.5. The molecular weight excluding hydrogens is 247 g/mol. The van der Waals surface area contributed by atoms with Crippen LogP contribution < -0.4 is 4.74 Å². The van der Waals surface area contributed by atoms with Crippen molar-refractivity contribution in [1.82, 2.24) is 4.90 Å². The number of morpholine rings is 1. The third kappa shape index (κ3) is 3.91. The van der Waals surface area contributed by atoms with E-state index in [1.807, 2.05) is 0 Å². The third-order valence-corrected chi connectivity index (χ3v) is 3.16. The Hall–Kier alpha value is -1.64. The fourth-order valence-corrected chi connectivity index (χ4v) is 2.09. The minimum absolute atomic E-state index is 0.0199. The van der Waals surface area contributed by atoms with E-state index in [2.05, 4.69) is 11.0 Å². The predicted octanol–water partition coefficient (Wildman–Crippen LogP) is 1.82. The van der Waals surface area contributed by atoms with Crippen LogP contribution in [-0.2, 0) is 4.74 Å². The average Bonchev–Trinajstić information content (AvgIpc) is 2.46. The molecule has 0 spiro atoms. The number of ether oxygens (including phenoxy) is 2. The van der Waals surface area contributed by atoms with Gasteiger partial charge in [-0.3, -0.25) is 4.90 Å². The van der Waals surface area contributed by atoms with Crippen molar-refractivity contribution < 1.29 is 13.9 Å². The molecule has 0 radical (unpaired) electrons. The molecule has 2 rings (SSSR count). The van der Waals surface area contributed by atoms with E-state index in [1.54, 1.807) is 18.2 Å². The van der Waals surface area contributed by atoms with Gasteiger partial charge in [0, 0.05) is 13.1 Å². The maximum atomic E-state index is 13.4. The van der Waals surface area contributed by atoms with Crippen LogP contribution in [0.4, 0.5) is 4.39 Å². The van der Waals surface area contributed by atoms with Crippen molar-refractivity contribution >= 4 is 0 Å². The van der Waals surface area contributed by atoms with E-state index >= 15 is 0 Å². The van der Waals surface area contributed by atoms with Crippen molar-refractivity contribution in [3.8, 4) is 11.8 Å². The van der Waals surface area contributed by atoms with Crippen molar-refractivity contribution in [3.63, 3.8) is 0 Å². The van der Waals surface area contributed by atoms with Gasteiger partial charge in [0.05, 0.1) is 31.7 Å². The lowest BCUT2D eigenvalue weighted by Gasteiger charge is -2.33.